The Bertz CT molecular complexity index is 282. The second-order valence-electron chi connectivity index (χ2n) is 5.97. The first kappa shape index (κ1) is 12.1. The number of hydrogen-bond acceptors (Lipinski definition) is 1. The van der Waals surface area contributed by atoms with Gasteiger partial charge in [0.2, 0.25) is 0 Å². The Morgan fingerprint density at radius 1 is 1.44 bits per heavy atom. The van der Waals surface area contributed by atoms with Gasteiger partial charge in [-0.15, -0.1) is 6.10 Å². The molecule has 4 atom stereocenters. The first-order valence-corrected chi connectivity index (χ1v) is 6.84. The summed E-state index contributed by atoms with van der Waals surface area (Å²) in [5, 5.41) is 11.4. The third kappa shape index (κ3) is 2.48. The average molecular weight is 223 g/mol. The first-order valence-electron chi connectivity index (χ1n) is 6.84. The van der Waals surface area contributed by atoms with Crippen molar-refractivity contribution in [2.24, 2.45) is 5.92 Å². The SMILES string of the molecule is CC1=[N+]2[C@@H](CCC[C@H]2C[C@H](C)[O-])C[C@H](C)C1. The quantitative estimate of drug-likeness (QED) is 0.657. The summed E-state index contributed by atoms with van der Waals surface area (Å²) in [5.74, 6) is 0.838. The van der Waals surface area contributed by atoms with Crippen LogP contribution in [0.25, 0.3) is 0 Å². The lowest BCUT2D eigenvalue weighted by Gasteiger charge is -2.36. The van der Waals surface area contributed by atoms with Gasteiger partial charge in [0, 0.05) is 32.6 Å². The Kier molecular flexibility index (Phi) is 3.68. The van der Waals surface area contributed by atoms with Gasteiger partial charge in [-0.1, -0.05) is 13.8 Å². The number of piperidine rings is 1. The van der Waals surface area contributed by atoms with E-state index in [4.69, 9.17) is 0 Å². The molecule has 2 nitrogen and oxygen atoms in total. The first-order chi connectivity index (χ1) is 7.58. The highest BCUT2D eigenvalue weighted by Gasteiger charge is 2.39. The second-order valence-corrected chi connectivity index (χ2v) is 5.97. The van der Waals surface area contributed by atoms with Gasteiger partial charge in [-0.05, 0) is 18.8 Å². The van der Waals surface area contributed by atoms with E-state index in [0.717, 1.165) is 18.4 Å². The van der Waals surface area contributed by atoms with Crippen molar-refractivity contribution in [3.8, 4) is 0 Å². The highest BCUT2D eigenvalue weighted by molar-refractivity contribution is 5.77. The van der Waals surface area contributed by atoms with Gasteiger partial charge in [-0.25, -0.2) is 4.58 Å². The van der Waals surface area contributed by atoms with Gasteiger partial charge >= 0.3 is 0 Å². The Balaban J connectivity index is 2.18. The van der Waals surface area contributed by atoms with Crippen molar-refractivity contribution < 1.29 is 9.68 Å². The van der Waals surface area contributed by atoms with E-state index in [1.54, 1.807) is 0 Å². The molecular weight excluding hydrogens is 198 g/mol. The molecule has 0 spiro atoms. The molecule has 2 heteroatoms. The third-order valence-electron chi connectivity index (χ3n) is 4.22. The van der Waals surface area contributed by atoms with Crippen LogP contribution in [0.5, 0.6) is 0 Å². The summed E-state index contributed by atoms with van der Waals surface area (Å²) in [6.07, 6.45) is 6.89. The van der Waals surface area contributed by atoms with Gasteiger partial charge in [0.05, 0.1) is 0 Å². The van der Waals surface area contributed by atoms with E-state index in [2.05, 4.69) is 18.4 Å². The molecule has 0 aromatic heterocycles. The van der Waals surface area contributed by atoms with Crippen molar-refractivity contribution in [2.75, 3.05) is 0 Å². The number of hydrogen-bond donors (Lipinski definition) is 0. The van der Waals surface area contributed by atoms with Crippen LogP contribution in [-0.4, -0.2) is 28.5 Å². The minimum Gasteiger partial charge on any atom is -0.852 e. The normalized spacial score (nSPS) is 37.1. The minimum atomic E-state index is -0.407. The van der Waals surface area contributed by atoms with Gasteiger partial charge in [-0.2, -0.15) is 0 Å². The fourth-order valence-corrected chi connectivity index (χ4v) is 3.79. The lowest BCUT2D eigenvalue weighted by atomic mass is 9.83. The Morgan fingerprint density at radius 2 is 2.19 bits per heavy atom. The molecule has 0 radical (unpaired) electrons. The largest absolute Gasteiger partial charge is 0.852 e. The van der Waals surface area contributed by atoms with Gasteiger partial charge in [-0.3, -0.25) is 0 Å². The maximum Gasteiger partial charge on any atom is 0.153 e. The molecule has 2 aliphatic heterocycles. The van der Waals surface area contributed by atoms with Gasteiger partial charge in [0.15, 0.2) is 12.1 Å². The third-order valence-corrected chi connectivity index (χ3v) is 4.22. The fourth-order valence-electron chi connectivity index (χ4n) is 3.79. The van der Waals surface area contributed by atoms with Crippen molar-refractivity contribution in [3.05, 3.63) is 0 Å². The Labute approximate surface area is 99.4 Å². The minimum absolute atomic E-state index is 0.407. The molecule has 0 saturated carbocycles. The van der Waals surface area contributed by atoms with Gasteiger partial charge in [0.1, 0.15) is 5.71 Å². The lowest BCUT2D eigenvalue weighted by Crippen LogP contribution is -2.48. The van der Waals surface area contributed by atoms with Gasteiger partial charge < -0.3 is 5.11 Å². The molecule has 0 amide bonds. The topological polar surface area (TPSA) is 26.1 Å². The van der Waals surface area contributed by atoms with E-state index in [1.807, 2.05) is 6.92 Å². The molecule has 0 aliphatic carbocycles. The van der Waals surface area contributed by atoms with E-state index in [9.17, 15) is 5.11 Å². The summed E-state index contributed by atoms with van der Waals surface area (Å²) >= 11 is 0. The van der Waals surface area contributed by atoms with Crippen LogP contribution in [0.15, 0.2) is 0 Å². The zero-order chi connectivity index (χ0) is 11.7. The maximum absolute atomic E-state index is 11.4. The van der Waals surface area contributed by atoms with E-state index < -0.39 is 6.10 Å². The molecule has 0 aromatic rings. The summed E-state index contributed by atoms with van der Waals surface area (Å²) in [5.41, 5.74) is 1.54. The Hall–Kier alpha value is -0.370. The standard InChI is InChI=1S/C14H25NO/c1-10-7-11(2)15-13(8-10)5-4-6-14(15)9-12(3)16/h10,12-14H,4-9H2,1-3H3/t10-,12+,13+,14+/m1/s1. The van der Waals surface area contributed by atoms with Gasteiger partial charge in [0.25, 0.3) is 0 Å². The van der Waals surface area contributed by atoms with Crippen molar-refractivity contribution >= 4 is 5.71 Å². The lowest BCUT2D eigenvalue weighted by molar-refractivity contribution is -0.625. The molecule has 16 heavy (non-hydrogen) atoms. The van der Waals surface area contributed by atoms with Crippen LogP contribution in [0, 0.1) is 5.92 Å². The molecule has 92 valence electrons. The molecule has 2 aliphatic rings. The van der Waals surface area contributed by atoms with Crippen LogP contribution in [0.1, 0.15) is 59.3 Å². The van der Waals surface area contributed by atoms with Crippen molar-refractivity contribution in [2.45, 2.75) is 77.5 Å². The van der Waals surface area contributed by atoms with Crippen molar-refractivity contribution in [3.63, 3.8) is 0 Å². The van der Waals surface area contributed by atoms with Crippen LogP contribution < -0.4 is 5.11 Å². The molecule has 0 aromatic carbocycles. The number of rotatable bonds is 2. The van der Waals surface area contributed by atoms with E-state index >= 15 is 0 Å². The second kappa shape index (κ2) is 4.87. The molecule has 2 rings (SSSR count). The average Bonchev–Trinajstić information content (AvgIpc) is 2.15. The van der Waals surface area contributed by atoms with E-state index in [1.165, 1.54) is 37.8 Å². The smallest absolute Gasteiger partial charge is 0.153 e. The number of fused-ring (bicyclic) bond motifs is 1. The molecule has 0 unspecified atom stereocenters. The highest BCUT2D eigenvalue weighted by atomic mass is 16.3. The van der Waals surface area contributed by atoms with Crippen LogP contribution in [0.3, 0.4) is 0 Å². The molecule has 1 fully saturated rings. The van der Waals surface area contributed by atoms with Crippen LogP contribution in [0.2, 0.25) is 0 Å². The van der Waals surface area contributed by atoms with Crippen LogP contribution >= 0.6 is 0 Å². The predicted octanol–water partition coefficient (Wildman–Crippen LogP) is 1.95. The van der Waals surface area contributed by atoms with E-state index in [0.29, 0.717) is 6.04 Å². The molecular formula is C14H25NO. The summed E-state index contributed by atoms with van der Waals surface area (Å²) < 4.78 is 2.61. The van der Waals surface area contributed by atoms with Crippen LogP contribution in [0.4, 0.5) is 0 Å². The summed E-state index contributed by atoms with van der Waals surface area (Å²) in [4.78, 5) is 0. The van der Waals surface area contributed by atoms with Crippen molar-refractivity contribution in [1.29, 1.82) is 0 Å². The maximum atomic E-state index is 11.4. The zero-order valence-corrected chi connectivity index (χ0v) is 10.9. The van der Waals surface area contributed by atoms with Crippen LogP contribution in [-0.2, 0) is 0 Å². The summed E-state index contributed by atoms with van der Waals surface area (Å²) in [6, 6.07) is 1.28. The molecule has 0 N–H and O–H groups in total. The monoisotopic (exact) mass is 223 g/mol. The van der Waals surface area contributed by atoms with Crippen molar-refractivity contribution in [1.82, 2.24) is 0 Å². The molecule has 1 saturated heterocycles. The van der Waals surface area contributed by atoms with E-state index in [-0.39, 0.29) is 0 Å². The summed E-state index contributed by atoms with van der Waals surface area (Å²) in [7, 11) is 0. The number of nitrogens with zero attached hydrogens (tertiary/aromatic N) is 1. The highest BCUT2D eigenvalue weighted by Crippen LogP contribution is 2.31. The Morgan fingerprint density at radius 3 is 2.88 bits per heavy atom. The summed E-state index contributed by atoms with van der Waals surface area (Å²) in [6.45, 7) is 6.45. The molecule has 0 bridgehead atoms. The fraction of sp³-hybridized carbons (Fsp3) is 0.929. The predicted molar refractivity (Wildman–Crippen MR) is 64.8 cm³/mol. The molecule has 2 heterocycles. The zero-order valence-electron chi connectivity index (χ0n) is 10.9.